The molecule has 3 N–H and O–H groups in total. The van der Waals surface area contributed by atoms with Crippen molar-refractivity contribution >= 4 is 0 Å². The van der Waals surface area contributed by atoms with Gasteiger partial charge in [0.1, 0.15) is 0 Å². The van der Waals surface area contributed by atoms with Gasteiger partial charge in [-0.15, -0.1) is 0 Å². The quantitative estimate of drug-likeness (QED) is 0.252. The Morgan fingerprint density at radius 2 is 0.630 bits per heavy atom. The van der Waals surface area contributed by atoms with Crippen LogP contribution in [0.1, 0.15) is 149 Å². The number of rotatable bonds is 20. The zero-order valence-corrected chi connectivity index (χ0v) is 21.0. The summed E-state index contributed by atoms with van der Waals surface area (Å²) in [4.78, 5) is 0. The topological polar surface area (TPSA) is 27.6 Å². The van der Waals surface area contributed by atoms with E-state index in [1.165, 1.54) is 128 Å². The maximum atomic E-state index is 3.91. The zero-order chi connectivity index (χ0) is 19.3. The fraction of sp³-hybridized carbons (Fsp3) is 1.00. The third-order valence-electron chi connectivity index (χ3n) is 5.68. The van der Waals surface area contributed by atoms with Crippen molar-refractivity contribution in [3.05, 3.63) is 0 Å². The molecule has 0 fully saturated rings. The lowest BCUT2D eigenvalue weighted by molar-refractivity contribution is -0.368. The molecule has 27 heavy (non-hydrogen) atoms. The molecule has 0 radical (unpaired) electrons. The van der Waals surface area contributed by atoms with Crippen LogP contribution in [0.4, 0.5) is 0 Å². The molecule has 0 aromatic rings. The highest BCUT2D eigenvalue weighted by molar-refractivity contribution is 4.61. The molecule has 0 aliphatic heterocycles. The van der Waals surface area contributed by atoms with Crippen LogP contribution in [-0.4, -0.2) is 6.54 Å². The van der Waals surface area contributed by atoms with Gasteiger partial charge in [-0.25, -0.2) is 0 Å². The first-order valence-electron chi connectivity index (χ1n) is 12.4. The van der Waals surface area contributed by atoms with E-state index in [1.807, 2.05) is 0 Å². The summed E-state index contributed by atoms with van der Waals surface area (Å²) in [6.07, 6.45) is 29.1. The molecule has 0 amide bonds. The van der Waals surface area contributed by atoms with Gasteiger partial charge in [-0.05, 0) is 24.7 Å². The fourth-order valence-electron chi connectivity index (χ4n) is 3.84. The van der Waals surface area contributed by atoms with E-state index in [0.29, 0.717) is 5.41 Å². The van der Waals surface area contributed by atoms with Crippen LogP contribution in [-0.2, 0) is 0 Å². The van der Waals surface area contributed by atoms with E-state index in [2.05, 4.69) is 26.5 Å². The number of quaternary nitrogens is 1. The highest BCUT2D eigenvalue weighted by atomic mass is 79.9. The number of hydrogen-bond acceptors (Lipinski definition) is 0. The normalized spacial score (nSPS) is 11.6. The van der Waals surface area contributed by atoms with Gasteiger partial charge in [0.25, 0.3) is 0 Å². The summed E-state index contributed by atoms with van der Waals surface area (Å²) >= 11 is 0. The first kappa shape index (κ1) is 29.6. The summed E-state index contributed by atoms with van der Waals surface area (Å²) < 4.78 is 0. The molecular weight excluding hydrogens is 394 g/mol. The highest BCUT2D eigenvalue weighted by Crippen LogP contribution is 2.22. The number of unbranched alkanes of at least 4 members (excludes halogenated alkanes) is 18. The molecule has 0 unspecified atom stereocenters. The van der Waals surface area contributed by atoms with Gasteiger partial charge in [0.15, 0.2) is 0 Å². The third kappa shape index (κ3) is 28.7. The minimum Gasteiger partial charge on any atom is -1.00 e. The van der Waals surface area contributed by atoms with Gasteiger partial charge in [0.2, 0.25) is 0 Å². The summed E-state index contributed by atoms with van der Waals surface area (Å²) in [5, 5.41) is 0. The summed E-state index contributed by atoms with van der Waals surface area (Å²) in [5.41, 5.74) is 4.44. The molecule has 1 nitrogen and oxygen atoms in total. The molecule has 0 spiro atoms. The van der Waals surface area contributed by atoms with E-state index in [4.69, 9.17) is 0 Å². The largest absolute Gasteiger partial charge is 1.00 e. The Labute approximate surface area is 183 Å². The standard InChI is InChI=1S/C25H53N.BrH/c1-25(2,3)23-21-19-17-15-13-11-9-7-5-4-6-8-10-12-14-16-18-20-22-24-26;/h4-24,26H2,1-3H3;1H. The Morgan fingerprint density at radius 3 is 0.852 bits per heavy atom. The Hall–Kier alpha value is 0.440. The molecular formula is C25H54BrN. The van der Waals surface area contributed by atoms with Crippen molar-refractivity contribution < 1.29 is 22.7 Å². The van der Waals surface area contributed by atoms with Gasteiger partial charge in [-0.3, -0.25) is 0 Å². The van der Waals surface area contributed by atoms with Crippen LogP contribution in [0.5, 0.6) is 0 Å². The average molecular weight is 449 g/mol. The van der Waals surface area contributed by atoms with Crippen LogP contribution in [0.25, 0.3) is 0 Å². The molecule has 0 rings (SSSR count). The first-order chi connectivity index (χ1) is 12.6. The Kier molecular flexibility index (Phi) is 24.9. The number of hydrogen-bond donors (Lipinski definition) is 1. The van der Waals surface area contributed by atoms with Gasteiger partial charge in [0, 0.05) is 0 Å². The third-order valence-corrected chi connectivity index (χ3v) is 5.68. The second kappa shape index (κ2) is 22.7. The maximum absolute atomic E-state index is 3.91. The van der Waals surface area contributed by atoms with Crippen molar-refractivity contribution in [2.75, 3.05) is 6.54 Å². The summed E-state index contributed by atoms with van der Waals surface area (Å²) in [6.45, 7) is 8.21. The molecule has 0 saturated carbocycles. The van der Waals surface area contributed by atoms with Crippen LogP contribution in [0, 0.1) is 5.41 Å². The first-order valence-corrected chi connectivity index (χ1v) is 12.4. The Balaban J connectivity index is 0. The molecule has 0 bridgehead atoms. The van der Waals surface area contributed by atoms with Crippen molar-refractivity contribution in [3.8, 4) is 0 Å². The van der Waals surface area contributed by atoms with Crippen LogP contribution >= 0.6 is 0 Å². The molecule has 0 atom stereocenters. The predicted molar refractivity (Wildman–Crippen MR) is 120 cm³/mol. The Morgan fingerprint density at radius 1 is 0.407 bits per heavy atom. The van der Waals surface area contributed by atoms with Gasteiger partial charge in [0.05, 0.1) is 6.54 Å². The lowest BCUT2D eigenvalue weighted by atomic mass is 9.89. The van der Waals surface area contributed by atoms with E-state index in [1.54, 1.807) is 0 Å². The van der Waals surface area contributed by atoms with E-state index in [9.17, 15) is 0 Å². The highest BCUT2D eigenvalue weighted by Gasteiger charge is 2.08. The summed E-state index contributed by atoms with van der Waals surface area (Å²) in [7, 11) is 0. The van der Waals surface area contributed by atoms with Crippen molar-refractivity contribution in [2.45, 2.75) is 149 Å². The number of halogens is 1. The average Bonchev–Trinajstić information content (AvgIpc) is 2.59. The van der Waals surface area contributed by atoms with E-state index < -0.39 is 0 Å². The van der Waals surface area contributed by atoms with Crippen LogP contribution < -0.4 is 22.7 Å². The predicted octanol–water partition coefficient (Wildman–Crippen LogP) is 5.08. The lowest BCUT2D eigenvalue weighted by Gasteiger charge is -2.17. The van der Waals surface area contributed by atoms with Crippen LogP contribution in [0.2, 0.25) is 0 Å². The van der Waals surface area contributed by atoms with Gasteiger partial charge in [-0.1, -0.05) is 130 Å². The monoisotopic (exact) mass is 447 g/mol. The van der Waals surface area contributed by atoms with Gasteiger partial charge >= 0.3 is 0 Å². The second-order valence-corrected chi connectivity index (χ2v) is 9.88. The molecule has 0 aromatic heterocycles. The van der Waals surface area contributed by atoms with Crippen molar-refractivity contribution in [3.63, 3.8) is 0 Å². The maximum Gasteiger partial charge on any atom is 0.0739 e. The van der Waals surface area contributed by atoms with E-state index in [0.717, 1.165) is 6.54 Å². The SMILES string of the molecule is CC(C)(C)CCCCCCCCCCCCCCCCCCCCC[NH3+].[Br-]. The van der Waals surface area contributed by atoms with Crippen molar-refractivity contribution in [1.29, 1.82) is 0 Å². The molecule has 0 aliphatic rings. The van der Waals surface area contributed by atoms with Gasteiger partial charge < -0.3 is 22.7 Å². The minimum atomic E-state index is 0. The van der Waals surface area contributed by atoms with Gasteiger partial charge in [-0.2, -0.15) is 0 Å². The second-order valence-electron chi connectivity index (χ2n) is 9.88. The summed E-state index contributed by atoms with van der Waals surface area (Å²) in [6, 6.07) is 0. The molecule has 2 heteroatoms. The smallest absolute Gasteiger partial charge is 0.0739 e. The van der Waals surface area contributed by atoms with Crippen molar-refractivity contribution in [1.82, 2.24) is 0 Å². The fourth-order valence-corrected chi connectivity index (χ4v) is 3.84. The molecule has 0 aromatic carbocycles. The van der Waals surface area contributed by atoms with E-state index in [-0.39, 0.29) is 17.0 Å². The minimum absolute atomic E-state index is 0. The van der Waals surface area contributed by atoms with E-state index >= 15 is 0 Å². The zero-order valence-electron chi connectivity index (χ0n) is 19.4. The molecule has 0 saturated heterocycles. The molecule has 0 aliphatic carbocycles. The summed E-state index contributed by atoms with van der Waals surface area (Å²) in [5.74, 6) is 0. The van der Waals surface area contributed by atoms with Crippen molar-refractivity contribution in [2.24, 2.45) is 5.41 Å². The van der Waals surface area contributed by atoms with Crippen LogP contribution in [0.3, 0.4) is 0 Å². The lowest BCUT2D eigenvalue weighted by Crippen LogP contribution is -3.00. The molecule has 0 heterocycles. The molecule has 166 valence electrons. The Bertz CT molecular complexity index is 260. The van der Waals surface area contributed by atoms with Crippen LogP contribution in [0.15, 0.2) is 0 Å².